The zero-order valence-electron chi connectivity index (χ0n) is 9.21. The fourth-order valence-corrected chi connectivity index (χ4v) is 1.98. The van der Waals surface area contributed by atoms with E-state index in [1.165, 1.54) is 36.9 Å². The second-order valence-corrected chi connectivity index (χ2v) is 4.45. The zero-order valence-corrected chi connectivity index (χ0v) is 9.21. The van der Waals surface area contributed by atoms with Gasteiger partial charge in [-0.3, -0.25) is 0 Å². The Morgan fingerprint density at radius 1 is 1.27 bits per heavy atom. The third kappa shape index (κ3) is 3.05. The first kappa shape index (κ1) is 10.7. The van der Waals surface area contributed by atoms with E-state index in [1.54, 1.807) is 0 Å². The molecule has 2 rings (SSSR count). The molecule has 82 valence electrons. The van der Waals surface area contributed by atoms with Gasteiger partial charge in [-0.25, -0.2) is 0 Å². The van der Waals surface area contributed by atoms with Crippen molar-refractivity contribution < 1.29 is 0 Å². The topological polar surface area (TPSA) is 38.0 Å². The fraction of sp³-hybridized carbons (Fsp3) is 0.538. The van der Waals surface area contributed by atoms with Gasteiger partial charge in [0.2, 0.25) is 0 Å². The van der Waals surface area contributed by atoms with Crippen LogP contribution in [0.15, 0.2) is 24.3 Å². The van der Waals surface area contributed by atoms with Crippen LogP contribution < -0.4 is 11.1 Å². The Balaban J connectivity index is 1.76. The molecule has 15 heavy (non-hydrogen) atoms. The third-order valence-electron chi connectivity index (χ3n) is 3.21. The van der Waals surface area contributed by atoms with E-state index in [1.807, 2.05) is 0 Å². The highest BCUT2D eigenvalue weighted by Crippen LogP contribution is 2.25. The summed E-state index contributed by atoms with van der Waals surface area (Å²) in [5.74, 6) is 0.933. The maximum atomic E-state index is 5.61. The minimum Gasteiger partial charge on any atom is -0.326 e. The lowest BCUT2D eigenvalue weighted by Crippen LogP contribution is -2.26. The molecule has 1 saturated carbocycles. The van der Waals surface area contributed by atoms with Crippen LogP contribution in [-0.4, -0.2) is 6.54 Å². The predicted octanol–water partition coefficient (Wildman–Crippen LogP) is 2.04. The molecule has 0 aliphatic heterocycles. The van der Waals surface area contributed by atoms with Crippen LogP contribution in [0.5, 0.6) is 0 Å². The van der Waals surface area contributed by atoms with E-state index < -0.39 is 0 Å². The van der Waals surface area contributed by atoms with Crippen LogP contribution in [0, 0.1) is 5.92 Å². The predicted molar refractivity (Wildman–Crippen MR) is 63.4 cm³/mol. The van der Waals surface area contributed by atoms with Gasteiger partial charge in [0.1, 0.15) is 0 Å². The van der Waals surface area contributed by atoms with Crippen LogP contribution in [0.2, 0.25) is 0 Å². The van der Waals surface area contributed by atoms with Crippen LogP contribution in [0.1, 0.15) is 30.4 Å². The van der Waals surface area contributed by atoms with Gasteiger partial charge in [-0.2, -0.15) is 0 Å². The Hall–Kier alpha value is -0.860. The van der Waals surface area contributed by atoms with Crippen molar-refractivity contribution in [2.45, 2.75) is 32.4 Å². The lowest BCUT2D eigenvalue weighted by molar-refractivity contribution is 0.301. The first-order chi connectivity index (χ1) is 7.38. The SMILES string of the molecule is NCc1cccc(CNCC2CCC2)c1. The Bertz CT molecular complexity index is 305. The van der Waals surface area contributed by atoms with Crippen molar-refractivity contribution in [2.75, 3.05) is 6.54 Å². The molecule has 2 nitrogen and oxygen atoms in total. The fourth-order valence-electron chi connectivity index (χ4n) is 1.98. The summed E-state index contributed by atoms with van der Waals surface area (Å²) in [6, 6.07) is 8.51. The van der Waals surface area contributed by atoms with Gasteiger partial charge >= 0.3 is 0 Å². The summed E-state index contributed by atoms with van der Waals surface area (Å²) in [4.78, 5) is 0. The minimum absolute atomic E-state index is 0.635. The van der Waals surface area contributed by atoms with Crippen molar-refractivity contribution in [3.63, 3.8) is 0 Å². The number of nitrogens with one attached hydrogen (secondary N) is 1. The van der Waals surface area contributed by atoms with Crippen molar-refractivity contribution in [1.82, 2.24) is 5.32 Å². The first-order valence-corrected chi connectivity index (χ1v) is 5.87. The van der Waals surface area contributed by atoms with Crippen LogP contribution >= 0.6 is 0 Å². The average molecular weight is 204 g/mol. The van der Waals surface area contributed by atoms with Crippen LogP contribution in [0.3, 0.4) is 0 Å². The molecule has 1 aliphatic carbocycles. The van der Waals surface area contributed by atoms with Crippen LogP contribution in [0.25, 0.3) is 0 Å². The van der Waals surface area contributed by atoms with E-state index in [-0.39, 0.29) is 0 Å². The molecule has 0 amide bonds. The van der Waals surface area contributed by atoms with Gasteiger partial charge in [0.05, 0.1) is 0 Å². The van der Waals surface area contributed by atoms with E-state index in [9.17, 15) is 0 Å². The molecule has 3 N–H and O–H groups in total. The molecule has 0 heterocycles. The van der Waals surface area contributed by atoms with E-state index in [0.29, 0.717) is 6.54 Å². The van der Waals surface area contributed by atoms with Gasteiger partial charge < -0.3 is 11.1 Å². The largest absolute Gasteiger partial charge is 0.326 e. The number of hydrogen-bond donors (Lipinski definition) is 2. The maximum absolute atomic E-state index is 5.61. The highest BCUT2D eigenvalue weighted by molar-refractivity contribution is 5.23. The number of nitrogens with two attached hydrogens (primary N) is 1. The lowest BCUT2D eigenvalue weighted by Gasteiger charge is -2.25. The number of benzene rings is 1. The number of rotatable bonds is 5. The van der Waals surface area contributed by atoms with Crippen molar-refractivity contribution in [3.8, 4) is 0 Å². The summed E-state index contributed by atoms with van der Waals surface area (Å²) in [5.41, 5.74) is 8.17. The van der Waals surface area contributed by atoms with Crippen LogP contribution in [-0.2, 0) is 13.1 Å². The van der Waals surface area contributed by atoms with Crippen molar-refractivity contribution >= 4 is 0 Å². The molecule has 0 spiro atoms. The zero-order chi connectivity index (χ0) is 10.5. The van der Waals surface area contributed by atoms with Crippen LogP contribution in [0.4, 0.5) is 0 Å². The monoisotopic (exact) mass is 204 g/mol. The summed E-state index contributed by atoms with van der Waals surface area (Å²) in [5, 5.41) is 3.51. The quantitative estimate of drug-likeness (QED) is 0.770. The highest BCUT2D eigenvalue weighted by Gasteiger charge is 2.16. The molecule has 1 aromatic rings. The second-order valence-electron chi connectivity index (χ2n) is 4.45. The summed E-state index contributed by atoms with van der Waals surface area (Å²) in [6.45, 7) is 2.79. The minimum atomic E-state index is 0.635. The normalized spacial score (nSPS) is 16.3. The summed E-state index contributed by atoms with van der Waals surface area (Å²) in [7, 11) is 0. The van der Waals surface area contributed by atoms with E-state index >= 15 is 0 Å². The molecule has 0 radical (unpaired) electrons. The summed E-state index contributed by atoms with van der Waals surface area (Å²) in [6.07, 6.45) is 4.25. The molecular weight excluding hydrogens is 184 g/mol. The Morgan fingerprint density at radius 3 is 2.73 bits per heavy atom. The Labute approximate surface area is 91.9 Å². The van der Waals surface area contributed by atoms with Gasteiger partial charge in [0, 0.05) is 13.1 Å². The molecule has 2 heteroatoms. The molecule has 1 aromatic carbocycles. The van der Waals surface area contributed by atoms with Crippen molar-refractivity contribution in [1.29, 1.82) is 0 Å². The number of hydrogen-bond acceptors (Lipinski definition) is 2. The van der Waals surface area contributed by atoms with Gasteiger partial charge in [0.15, 0.2) is 0 Å². The molecule has 0 saturated heterocycles. The molecular formula is C13H20N2. The van der Waals surface area contributed by atoms with E-state index in [0.717, 1.165) is 12.5 Å². The smallest absolute Gasteiger partial charge is 0.0205 e. The first-order valence-electron chi connectivity index (χ1n) is 5.87. The summed E-state index contributed by atoms with van der Waals surface area (Å²) < 4.78 is 0. The maximum Gasteiger partial charge on any atom is 0.0205 e. The van der Waals surface area contributed by atoms with Gasteiger partial charge in [-0.05, 0) is 36.4 Å². The average Bonchev–Trinajstić information content (AvgIpc) is 2.22. The lowest BCUT2D eigenvalue weighted by atomic mass is 9.85. The summed E-state index contributed by atoms with van der Waals surface area (Å²) >= 11 is 0. The molecule has 0 unspecified atom stereocenters. The molecule has 1 fully saturated rings. The van der Waals surface area contributed by atoms with E-state index in [4.69, 9.17) is 5.73 Å². The standard InChI is InChI=1S/C13H20N2/c14-8-12-5-2-6-13(7-12)10-15-9-11-3-1-4-11/h2,5-7,11,15H,1,3-4,8-10,14H2. The van der Waals surface area contributed by atoms with Crippen molar-refractivity contribution in [2.24, 2.45) is 11.7 Å². The van der Waals surface area contributed by atoms with Gasteiger partial charge in [-0.15, -0.1) is 0 Å². The second kappa shape index (κ2) is 5.29. The third-order valence-corrected chi connectivity index (χ3v) is 3.21. The Kier molecular flexibility index (Phi) is 3.75. The van der Waals surface area contributed by atoms with Gasteiger partial charge in [-0.1, -0.05) is 30.7 Å². The molecule has 0 atom stereocenters. The molecule has 0 bridgehead atoms. The highest BCUT2D eigenvalue weighted by atomic mass is 14.9. The molecule has 0 aromatic heterocycles. The van der Waals surface area contributed by atoms with Crippen molar-refractivity contribution in [3.05, 3.63) is 35.4 Å². The Morgan fingerprint density at radius 2 is 2.07 bits per heavy atom. The van der Waals surface area contributed by atoms with Gasteiger partial charge in [0.25, 0.3) is 0 Å². The molecule has 1 aliphatic rings. The van der Waals surface area contributed by atoms with E-state index in [2.05, 4.69) is 29.6 Å².